The molecule has 2 N–H and O–H groups in total. The number of rotatable bonds is 7. The molecule has 0 saturated heterocycles. The van der Waals surface area contributed by atoms with E-state index in [1.54, 1.807) is 23.2 Å². The fraction of sp³-hybridized carbons (Fsp3) is 0.167. The minimum Gasteiger partial charge on any atom is -0.468 e. The van der Waals surface area contributed by atoms with Crippen molar-refractivity contribution in [1.82, 2.24) is 9.62 Å². The number of nitrogens with zero attached hydrogens (tertiary/aromatic N) is 1. The minimum atomic E-state index is -3.73. The fourth-order valence-electron chi connectivity index (χ4n) is 3.68. The lowest BCUT2D eigenvalue weighted by molar-refractivity contribution is -0.129. The predicted molar refractivity (Wildman–Crippen MR) is 123 cm³/mol. The van der Waals surface area contributed by atoms with E-state index in [-0.39, 0.29) is 29.7 Å². The zero-order valence-electron chi connectivity index (χ0n) is 17.9. The number of hydrogen-bond donors (Lipinski definition) is 2. The van der Waals surface area contributed by atoms with Gasteiger partial charge < -0.3 is 14.6 Å². The van der Waals surface area contributed by atoms with Crippen molar-refractivity contribution < 1.29 is 22.4 Å². The molecule has 0 aliphatic carbocycles. The Bertz CT molecular complexity index is 1280. The highest BCUT2D eigenvalue weighted by Crippen LogP contribution is 2.33. The van der Waals surface area contributed by atoms with Crippen molar-refractivity contribution in [2.24, 2.45) is 0 Å². The van der Waals surface area contributed by atoms with Crippen LogP contribution in [0.2, 0.25) is 0 Å². The first-order valence-corrected chi connectivity index (χ1v) is 11.8. The molecule has 1 aliphatic rings. The summed E-state index contributed by atoms with van der Waals surface area (Å²) < 4.78 is 32.5. The summed E-state index contributed by atoms with van der Waals surface area (Å²) in [6.07, 6.45) is 5.08. The van der Waals surface area contributed by atoms with Crippen molar-refractivity contribution in [3.05, 3.63) is 90.0 Å². The molecule has 2 aromatic carbocycles. The van der Waals surface area contributed by atoms with Crippen LogP contribution in [0.4, 0.5) is 5.69 Å². The van der Waals surface area contributed by atoms with Gasteiger partial charge in [-0.15, -0.1) is 0 Å². The van der Waals surface area contributed by atoms with E-state index in [4.69, 9.17) is 4.42 Å². The average Bonchev–Trinajstić information content (AvgIpc) is 3.32. The van der Waals surface area contributed by atoms with Crippen molar-refractivity contribution in [2.75, 3.05) is 5.32 Å². The molecular formula is C24H23N3O5S. The largest absolute Gasteiger partial charge is 0.468 e. The summed E-state index contributed by atoms with van der Waals surface area (Å²) in [5.74, 6) is 0.0549. The van der Waals surface area contributed by atoms with Crippen LogP contribution in [0.15, 0.2) is 82.4 Å². The van der Waals surface area contributed by atoms with Gasteiger partial charge in [0, 0.05) is 18.8 Å². The molecule has 1 aromatic heterocycles. The zero-order valence-corrected chi connectivity index (χ0v) is 18.7. The molecule has 0 spiro atoms. The van der Waals surface area contributed by atoms with Crippen molar-refractivity contribution in [2.45, 2.75) is 30.8 Å². The number of furan rings is 1. The third-order valence-electron chi connectivity index (χ3n) is 5.31. The summed E-state index contributed by atoms with van der Waals surface area (Å²) in [6, 6.07) is 16.4. The van der Waals surface area contributed by atoms with E-state index in [0.29, 0.717) is 11.4 Å². The van der Waals surface area contributed by atoms with Crippen LogP contribution in [0.1, 0.15) is 36.3 Å². The van der Waals surface area contributed by atoms with Crippen molar-refractivity contribution in [3.63, 3.8) is 0 Å². The van der Waals surface area contributed by atoms with Crippen LogP contribution in [-0.4, -0.2) is 25.1 Å². The first kappa shape index (κ1) is 22.5. The lowest BCUT2D eigenvalue weighted by Gasteiger charge is -2.32. The van der Waals surface area contributed by atoms with Crippen LogP contribution in [0.25, 0.3) is 6.08 Å². The Labute approximate surface area is 192 Å². The first-order chi connectivity index (χ1) is 15.8. The molecule has 9 heteroatoms. The number of hydrogen-bond acceptors (Lipinski definition) is 5. The predicted octanol–water partition coefficient (Wildman–Crippen LogP) is 3.66. The number of sulfonamides is 1. The average molecular weight is 466 g/mol. The van der Waals surface area contributed by atoms with E-state index in [1.807, 2.05) is 30.3 Å². The van der Waals surface area contributed by atoms with E-state index in [9.17, 15) is 18.0 Å². The molecule has 4 rings (SSSR count). The Hall–Kier alpha value is -3.69. The van der Waals surface area contributed by atoms with E-state index in [0.717, 1.165) is 11.1 Å². The van der Waals surface area contributed by atoms with Gasteiger partial charge in [-0.1, -0.05) is 24.3 Å². The Kier molecular flexibility index (Phi) is 6.43. The number of carbonyl (C=O) groups is 2. The first-order valence-electron chi connectivity index (χ1n) is 10.3. The van der Waals surface area contributed by atoms with Crippen LogP contribution >= 0.6 is 0 Å². The molecule has 1 unspecified atom stereocenters. The molecule has 0 fully saturated rings. The van der Waals surface area contributed by atoms with Crippen LogP contribution in [0, 0.1) is 0 Å². The molecule has 1 aliphatic heterocycles. The Balaban J connectivity index is 1.42. The Morgan fingerprint density at radius 2 is 1.79 bits per heavy atom. The van der Waals surface area contributed by atoms with E-state index < -0.39 is 16.1 Å². The van der Waals surface area contributed by atoms with Crippen LogP contribution in [-0.2, 0) is 26.2 Å². The van der Waals surface area contributed by atoms with Gasteiger partial charge in [-0.05, 0) is 53.6 Å². The monoisotopic (exact) mass is 465 g/mol. The zero-order chi connectivity index (χ0) is 23.4. The van der Waals surface area contributed by atoms with Crippen molar-refractivity contribution >= 4 is 33.6 Å². The van der Waals surface area contributed by atoms with Crippen LogP contribution in [0.3, 0.4) is 0 Å². The van der Waals surface area contributed by atoms with Gasteiger partial charge >= 0.3 is 0 Å². The maximum absolute atomic E-state index is 12.8. The SMILES string of the molecule is CC(=O)N1C=Cc2ccccc2C1CC(=O)Nc1ccc(S(=O)(=O)NCc2ccco2)cc1. The van der Waals surface area contributed by atoms with E-state index in [2.05, 4.69) is 10.0 Å². The third kappa shape index (κ3) is 5.21. The second-order valence-electron chi connectivity index (χ2n) is 7.57. The van der Waals surface area contributed by atoms with Gasteiger partial charge in [0.2, 0.25) is 21.8 Å². The van der Waals surface area contributed by atoms with Gasteiger partial charge in [0.15, 0.2) is 0 Å². The second-order valence-corrected chi connectivity index (χ2v) is 9.33. The van der Waals surface area contributed by atoms with Gasteiger partial charge in [-0.25, -0.2) is 13.1 Å². The Morgan fingerprint density at radius 3 is 2.48 bits per heavy atom. The maximum atomic E-state index is 12.8. The van der Waals surface area contributed by atoms with Gasteiger partial charge in [0.1, 0.15) is 5.76 Å². The quantitative estimate of drug-likeness (QED) is 0.554. The molecule has 2 heterocycles. The minimum absolute atomic E-state index is 0.0395. The summed E-state index contributed by atoms with van der Waals surface area (Å²) in [6.45, 7) is 1.50. The highest BCUT2D eigenvalue weighted by molar-refractivity contribution is 7.89. The third-order valence-corrected chi connectivity index (χ3v) is 6.73. The molecule has 33 heavy (non-hydrogen) atoms. The van der Waals surface area contributed by atoms with E-state index in [1.165, 1.54) is 37.5 Å². The number of nitrogens with one attached hydrogen (secondary N) is 2. The smallest absolute Gasteiger partial charge is 0.240 e. The summed E-state index contributed by atoms with van der Waals surface area (Å²) in [5.41, 5.74) is 2.32. The van der Waals surface area contributed by atoms with Crippen LogP contribution < -0.4 is 10.0 Å². The van der Waals surface area contributed by atoms with Gasteiger partial charge in [0.05, 0.1) is 30.2 Å². The molecule has 0 bridgehead atoms. The topological polar surface area (TPSA) is 109 Å². The second kappa shape index (κ2) is 9.43. The van der Waals surface area contributed by atoms with Crippen molar-refractivity contribution in [1.29, 1.82) is 0 Å². The summed E-state index contributed by atoms with van der Waals surface area (Å²) in [5, 5.41) is 2.78. The normalized spacial score (nSPS) is 15.2. The standard InChI is InChI=1S/C24H23N3O5S/c1-17(28)27-13-12-18-5-2-3-7-22(18)23(27)15-24(29)26-19-8-10-21(11-9-19)33(30,31)25-16-20-6-4-14-32-20/h2-14,23,25H,15-16H2,1H3,(H,26,29). The number of carbonyl (C=O) groups excluding carboxylic acids is 2. The number of benzene rings is 2. The molecule has 2 amide bonds. The van der Waals surface area contributed by atoms with Gasteiger partial charge in [0.25, 0.3) is 0 Å². The summed E-state index contributed by atoms with van der Waals surface area (Å²) in [7, 11) is -3.73. The van der Waals surface area contributed by atoms with Gasteiger partial charge in [-0.2, -0.15) is 0 Å². The highest BCUT2D eigenvalue weighted by atomic mass is 32.2. The van der Waals surface area contributed by atoms with E-state index >= 15 is 0 Å². The number of fused-ring (bicyclic) bond motifs is 1. The molecule has 1 atom stereocenters. The molecule has 170 valence electrons. The van der Waals surface area contributed by atoms with Crippen molar-refractivity contribution in [3.8, 4) is 0 Å². The molecular weight excluding hydrogens is 442 g/mol. The lowest BCUT2D eigenvalue weighted by Crippen LogP contribution is -2.33. The maximum Gasteiger partial charge on any atom is 0.240 e. The summed E-state index contributed by atoms with van der Waals surface area (Å²) >= 11 is 0. The lowest BCUT2D eigenvalue weighted by atomic mass is 9.93. The fourth-order valence-corrected chi connectivity index (χ4v) is 4.67. The molecule has 8 nitrogen and oxygen atoms in total. The molecule has 0 saturated carbocycles. The highest BCUT2D eigenvalue weighted by Gasteiger charge is 2.28. The van der Waals surface area contributed by atoms with Crippen LogP contribution in [0.5, 0.6) is 0 Å². The van der Waals surface area contributed by atoms with Gasteiger partial charge in [-0.3, -0.25) is 9.59 Å². The summed E-state index contributed by atoms with van der Waals surface area (Å²) in [4.78, 5) is 26.5. The Morgan fingerprint density at radius 1 is 1.03 bits per heavy atom. The number of amides is 2. The number of anilines is 1. The molecule has 3 aromatic rings. The molecule has 0 radical (unpaired) electrons.